The number of rotatable bonds is 8. The second-order valence-corrected chi connectivity index (χ2v) is 7.50. The van der Waals surface area contributed by atoms with Crippen molar-refractivity contribution in [3.63, 3.8) is 0 Å². The molecule has 0 bridgehead atoms. The molecule has 0 saturated heterocycles. The molecule has 0 aliphatic heterocycles. The third-order valence-corrected chi connectivity index (χ3v) is 4.74. The van der Waals surface area contributed by atoms with Crippen LogP contribution in [-0.2, 0) is 11.3 Å². The molecule has 4 N–H and O–H groups in total. The lowest BCUT2D eigenvalue weighted by Gasteiger charge is -2.31. The van der Waals surface area contributed by atoms with Crippen molar-refractivity contribution >= 4 is 30.9 Å². The van der Waals surface area contributed by atoms with E-state index in [1.807, 2.05) is 30.3 Å². The molecular formula is C20H35Cl2N3O2. The molecule has 0 heterocycles. The molecule has 1 aromatic carbocycles. The number of carbonyl (C=O) groups excluding carboxylic acids is 1. The summed E-state index contributed by atoms with van der Waals surface area (Å²) in [5, 5.41) is 6.57. The minimum Gasteiger partial charge on any atom is -0.445 e. The van der Waals surface area contributed by atoms with Crippen LogP contribution in [0.5, 0.6) is 0 Å². The molecule has 1 saturated carbocycles. The maximum atomic E-state index is 12.1. The summed E-state index contributed by atoms with van der Waals surface area (Å²) in [5.41, 5.74) is 7.20. The van der Waals surface area contributed by atoms with Crippen LogP contribution in [0.15, 0.2) is 30.3 Å². The minimum absolute atomic E-state index is 0. The molecule has 27 heavy (non-hydrogen) atoms. The predicted octanol–water partition coefficient (Wildman–Crippen LogP) is 4.03. The zero-order valence-corrected chi connectivity index (χ0v) is 18.0. The van der Waals surface area contributed by atoms with E-state index in [1.54, 1.807) is 0 Å². The summed E-state index contributed by atoms with van der Waals surface area (Å²) in [7, 11) is 0. The Balaban J connectivity index is 0.00000338. The van der Waals surface area contributed by atoms with E-state index < -0.39 is 0 Å². The van der Waals surface area contributed by atoms with Crippen LogP contribution in [0, 0.1) is 5.92 Å². The zero-order valence-electron chi connectivity index (χ0n) is 16.4. The highest BCUT2D eigenvalue weighted by Gasteiger charge is 2.23. The summed E-state index contributed by atoms with van der Waals surface area (Å²) in [4.78, 5) is 12.1. The summed E-state index contributed by atoms with van der Waals surface area (Å²) in [6.07, 6.45) is 5.21. The van der Waals surface area contributed by atoms with Crippen LogP contribution in [0.4, 0.5) is 4.79 Å². The molecule has 2 rings (SSSR count). The predicted molar refractivity (Wildman–Crippen MR) is 116 cm³/mol. The Bertz CT molecular complexity index is 517. The SMILES string of the molecule is CC(C)CC(CNC1CCCCC1N)NC(=O)OCc1ccccc1.Cl.Cl. The molecule has 5 nitrogen and oxygen atoms in total. The van der Waals surface area contributed by atoms with E-state index in [-0.39, 0.29) is 43.0 Å². The Labute approximate surface area is 176 Å². The minimum atomic E-state index is -0.357. The Hall–Kier alpha value is -1.01. The van der Waals surface area contributed by atoms with Gasteiger partial charge >= 0.3 is 6.09 Å². The van der Waals surface area contributed by atoms with E-state index >= 15 is 0 Å². The van der Waals surface area contributed by atoms with E-state index in [1.165, 1.54) is 12.8 Å². The highest BCUT2D eigenvalue weighted by molar-refractivity contribution is 5.85. The van der Waals surface area contributed by atoms with Crippen LogP contribution in [-0.4, -0.2) is 30.8 Å². The Morgan fingerprint density at radius 3 is 2.48 bits per heavy atom. The first-order valence-corrected chi connectivity index (χ1v) is 9.50. The molecular weight excluding hydrogens is 385 g/mol. The fourth-order valence-corrected chi connectivity index (χ4v) is 3.40. The number of halogens is 2. The second-order valence-electron chi connectivity index (χ2n) is 7.50. The smallest absolute Gasteiger partial charge is 0.407 e. The number of hydrogen-bond acceptors (Lipinski definition) is 4. The molecule has 1 aliphatic carbocycles. The number of ether oxygens (including phenoxy) is 1. The quantitative estimate of drug-likeness (QED) is 0.594. The molecule has 1 fully saturated rings. The van der Waals surface area contributed by atoms with Crippen molar-refractivity contribution < 1.29 is 9.53 Å². The van der Waals surface area contributed by atoms with Crippen molar-refractivity contribution in [3.8, 4) is 0 Å². The average molecular weight is 420 g/mol. The summed E-state index contributed by atoms with van der Waals surface area (Å²) in [5.74, 6) is 0.501. The number of amides is 1. The molecule has 0 spiro atoms. The lowest BCUT2D eigenvalue weighted by atomic mass is 9.90. The van der Waals surface area contributed by atoms with Gasteiger partial charge in [0.2, 0.25) is 0 Å². The van der Waals surface area contributed by atoms with E-state index in [0.717, 1.165) is 31.4 Å². The van der Waals surface area contributed by atoms with Crippen LogP contribution >= 0.6 is 24.8 Å². The van der Waals surface area contributed by atoms with Gasteiger partial charge < -0.3 is 21.1 Å². The molecule has 7 heteroatoms. The van der Waals surface area contributed by atoms with Gasteiger partial charge in [0.1, 0.15) is 6.61 Å². The fraction of sp³-hybridized carbons (Fsp3) is 0.650. The first-order valence-electron chi connectivity index (χ1n) is 9.50. The number of carbonyl (C=O) groups is 1. The monoisotopic (exact) mass is 419 g/mol. The van der Waals surface area contributed by atoms with Crippen LogP contribution < -0.4 is 16.4 Å². The second kappa shape index (κ2) is 14.1. The Kier molecular flexibility index (Phi) is 13.5. The van der Waals surface area contributed by atoms with Gasteiger partial charge in [0.15, 0.2) is 0 Å². The standard InChI is InChI=1S/C20H33N3O2.2ClH/c1-15(2)12-17(13-22-19-11-7-6-10-18(19)21)23-20(24)25-14-16-8-4-3-5-9-16;;/h3-5,8-9,15,17-19,22H,6-7,10-14,21H2,1-2H3,(H,23,24);2*1H. The highest BCUT2D eigenvalue weighted by Crippen LogP contribution is 2.17. The van der Waals surface area contributed by atoms with Crippen LogP contribution in [0.1, 0.15) is 51.5 Å². The number of benzene rings is 1. The molecule has 0 radical (unpaired) electrons. The molecule has 3 unspecified atom stereocenters. The van der Waals surface area contributed by atoms with Crippen molar-refractivity contribution in [2.24, 2.45) is 11.7 Å². The number of hydrogen-bond donors (Lipinski definition) is 3. The summed E-state index contributed by atoms with van der Waals surface area (Å²) in [6.45, 7) is 5.35. The first-order chi connectivity index (χ1) is 12.0. The maximum Gasteiger partial charge on any atom is 0.407 e. The van der Waals surface area contributed by atoms with Gasteiger partial charge in [-0.15, -0.1) is 24.8 Å². The first kappa shape index (κ1) is 26.0. The molecule has 3 atom stereocenters. The number of nitrogens with one attached hydrogen (secondary N) is 2. The maximum absolute atomic E-state index is 12.1. The van der Waals surface area contributed by atoms with Crippen molar-refractivity contribution in [2.45, 2.75) is 70.7 Å². The number of nitrogens with two attached hydrogens (primary N) is 1. The van der Waals surface area contributed by atoms with Gasteiger partial charge in [0.25, 0.3) is 0 Å². The molecule has 1 aliphatic rings. The topological polar surface area (TPSA) is 76.4 Å². The van der Waals surface area contributed by atoms with Crippen molar-refractivity contribution in [3.05, 3.63) is 35.9 Å². The number of alkyl carbamates (subject to hydrolysis) is 1. The third-order valence-electron chi connectivity index (χ3n) is 4.74. The van der Waals surface area contributed by atoms with E-state index in [0.29, 0.717) is 18.6 Å². The zero-order chi connectivity index (χ0) is 18.1. The van der Waals surface area contributed by atoms with E-state index in [4.69, 9.17) is 10.5 Å². The van der Waals surface area contributed by atoms with Crippen LogP contribution in [0.3, 0.4) is 0 Å². The molecule has 0 aromatic heterocycles. The van der Waals surface area contributed by atoms with Crippen LogP contribution in [0.25, 0.3) is 0 Å². The lowest BCUT2D eigenvalue weighted by Crippen LogP contribution is -2.52. The fourth-order valence-electron chi connectivity index (χ4n) is 3.40. The van der Waals surface area contributed by atoms with Crippen molar-refractivity contribution in [1.82, 2.24) is 10.6 Å². The molecule has 156 valence electrons. The summed E-state index contributed by atoms with van der Waals surface area (Å²) < 4.78 is 5.35. The summed E-state index contributed by atoms with van der Waals surface area (Å²) >= 11 is 0. The van der Waals surface area contributed by atoms with Gasteiger partial charge in [0, 0.05) is 24.7 Å². The molecule has 1 amide bonds. The van der Waals surface area contributed by atoms with E-state index in [9.17, 15) is 4.79 Å². The lowest BCUT2D eigenvalue weighted by molar-refractivity contribution is 0.133. The summed E-state index contributed by atoms with van der Waals surface area (Å²) in [6, 6.07) is 10.4. The van der Waals surface area contributed by atoms with Crippen molar-refractivity contribution in [2.75, 3.05) is 6.54 Å². The van der Waals surface area contributed by atoms with Gasteiger partial charge in [-0.05, 0) is 30.7 Å². The van der Waals surface area contributed by atoms with Gasteiger partial charge in [0.05, 0.1) is 0 Å². The van der Waals surface area contributed by atoms with Gasteiger partial charge in [-0.25, -0.2) is 4.79 Å². The largest absolute Gasteiger partial charge is 0.445 e. The van der Waals surface area contributed by atoms with Gasteiger partial charge in [-0.1, -0.05) is 57.0 Å². The highest BCUT2D eigenvalue weighted by atomic mass is 35.5. The average Bonchev–Trinajstić information content (AvgIpc) is 2.59. The third kappa shape index (κ3) is 10.2. The Morgan fingerprint density at radius 2 is 1.85 bits per heavy atom. The van der Waals surface area contributed by atoms with Crippen molar-refractivity contribution in [1.29, 1.82) is 0 Å². The van der Waals surface area contributed by atoms with E-state index in [2.05, 4.69) is 24.5 Å². The van der Waals surface area contributed by atoms with Gasteiger partial charge in [-0.2, -0.15) is 0 Å². The normalized spacial score (nSPS) is 20.1. The van der Waals surface area contributed by atoms with Gasteiger partial charge in [-0.3, -0.25) is 0 Å². The Morgan fingerprint density at radius 1 is 1.19 bits per heavy atom. The van der Waals surface area contributed by atoms with Crippen LogP contribution in [0.2, 0.25) is 0 Å². The molecule has 1 aromatic rings.